The molecule has 2 heterocycles. The first-order valence-corrected chi connectivity index (χ1v) is 7.04. The second-order valence-electron chi connectivity index (χ2n) is 3.42. The molecule has 0 radical (unpaired) electrons. The maximum absolute atomic E-state index is 11.8. The SMILES string of the molecule is CN1C(C(=O)CO)=CC(c2ccsn2)=NS1(=O)=O. The van der Waals surface area contributed by atoms with E-state index in [2.05, 4.69) is 8.77 Å². The number of nitrogens with zero attached hydrogens (tertiary/aromatic N) is 3. The Morgan fingerprint density at radius 1 is 1.56 bits per heavy atom. The van der Waals surface area contributed by atoms with Crippen LogP contribution >= 0.6 is 11.5 Å². The molecule has 1 N–H and O–H groups in total. The molecule has 1 aromatic heterocycles. The summed E-state index contributed by atoms with van der Waals surface area (Å²) >= 11 is 1.15. The molecule has 0 unspecified atom stereocenters. The van der Waals surface area contributed by atoms with Gasteiger partial charge in [0, 0.05) is 12.4 Å². The molecule has 7 nitrogen and oxygen atoms in total. The Hall–Kier alpha value is -1.58. The van der Waals surface area contributed by atoms with E-state index >= 15 is 0 Å². The lowest BCUT2D eigenvalue weighted by Gasteiger charge is -2.22. The second-order valence-corrected chi connectivity index (χ2v) is 5.71. The van der Waals surface area contributed by atoms with E-state index in [-0.39, 0.29) is 11.4 Å². The number of allylic oxidation sites excluding steroid dienone is 1. The average Bonchev–Trinajstić information content (AvgIpc) is 2.85. The normalized spacial score (nSPS) is 18.2. The highest BCUT2D eigenvalue weighted by molar-refractivity contribution is 7.88. The lowest BCUT2D eigenvalue weighted by atomic mass is 10.2. The molecule has 1 aliphatic rings. The predicted molar refractivity (Wildman–Crippen MR) is 65.5 cm³/mol. The van der Waals surface area contributed by atoms with E-state index in [1.54, 1.807) is 11.4 Å². The van der Waals surface area contributed by atoms with Crippen molar-refractivity contribution in [1.82, 2.24) is 8.68 Å². The van der Waals surface area contributed by atoms with Crippen LogP contribution < -0.4 is 0 Å². The molecule has 0 fully saturated rings. The Labute approximate surface area is 107 Å². The lowest BCUT2D eigenvalue weighted by Crippen LogP contribution is -2.34. The molecular weight excluding hydrogens is 278 g/mol. The van der Waals surface area contributed by atoms with Gasteiger partial charge in [0.1, 0.15) is 23.7 Å². The maximum Gasteiger partial charge on any atom is 0.345 e. The fraction of sp³-hybridized carbons (Fsp3) is 0.222. The zero-order valence-corrected chi connectivity index (χ0v) is 10.9. The lowest BCUT2D eigenvalue weighted by molar-refractivity contribution is -0.119. The number of ketones is 1. The van der Waals surface area contributed by atoms with Gasteiger partial charge in [-0.1, -0.05) is 0 Å². The third-order valence-electron chi connectivity index (χ3n) is 2.30. The fourth-order valence-corrected chi connectivity index (χ4v) is 2.80. The minimum absolute atomic E-state index is 0.0890. The zero-order valence-electron chi connectivity index (χ0n) is 9.27. The molecule has 0 atom stereocenters. The van der Waals surface area contributed by atoms with Gasteiger partial charge >= 0.3 is 10.2 Å². The molecular formula is C9H9N3O4S2. The van der Waals surface area contributed by atoms with Gasteiger partial charge in [-0.2, -0.15) is 12.8 Å². The van der Waals surface area contributed by atoms with Crippen molar-refractivity contribution in [2.75, 3.05) is 13.7 Å². The van der Waals surface area contributed by atoms with Gasteiger partial charge in [0.15, 0.2) is 0 Å². The van der Waals surface area contributed by atoms with Crippen LogP contribution in [0.15, 0.2) is 27.6 Å². The van der Waals surface area contributed by atoms with Gasteiger partial charge in [-0.05, 0) is 23.7 Å². The average molecular weight is 287 g/mol. The highest BCUT2D eigenvalue weighted by Gasteiger charge is 2.29. The molecule has 2 rings (SSSR count). The van der Waals surface area contributed by atoms with Crippen LogP contribution in [0.3, 0.4) is 0 Å². The predicted octanol–water partition coefficient (Wildman–Crippen LogP) is -0.432. The van der Waals surface area contributed by atoms with Gasteiger partial charge in [0.05, 0.1) is 0 Å². The van der Waals surface area contributed by atoms with Crippen LogP contribution in [-0.2, 0) is 15.0 Å². The number of carbonyl (C=O) groups excluding carboxylic acids is 1. The summed E-state index contributed by atoms with van der Waals surface area (Å²) in [7, 11) is -2.75. The summed E-state index contributed by atoms with van der Waals surface area (Å²) in [6, 6.07) is 1.60. The van der Waals surface area contributed by atoms with Crippen molar-refractivity contribution < 1.29 is 18.3 Å². The smallest absolute Gasteiger partial charge is 0.345 e. The second kappa shape index (κ2) is 4.59. The third-order valence-corrected chi connectivity index (χ3v) is 4.18. The van der Waals surface area contributed by atoms with Gasteiger partial charge in [0.25, 0.3) is 0 Å². The van der Waals surface area contributed by atoms with Crippen LogP contribution in [0, 0.1) is 0 Å². The van der Waals surface area contributed by atoms with Crippen molar-refractivity contribution in [3.63, 3.8) is 0 Å². The molecule has 0 spiro atoms. The van der Waals surface area contributed by atoms with Crippen LogP contribution in [0.5, 0.6) is 0 Å². The summed E-state index contributed by atoms with van der Waals surface area (Å²) in [5, 5.41) is 10.5. The van der Waals surface area contributed by atoms with Crippen molar-refractivity contribution >= 4 is 33.2 Å². The molecule has 9 heteroatoms. The first-order valence-electron chi connectivity index (χ1n) is 4.81. The van der Waals surface area contributed by atoms with Gasteiger partial charge in [0.2, 0.25) is 5.78 Å². The molecule has 0 saturated carbocycles. The third kappa shape index (κ3) is 2.19. The number of aliphatic hydroxyl groups is 1. The summed E-state index contributed by atoms with van der Waals surface area (Å²) in [4.78, 5) is 11.5. The number of rotatable bonds is 3. The van der Waals surface area contributed by atoms with Gasteiger partial charge < -0.3 is 5.11 Å². The Kier molecular flexibility index (Phi) is 3.28. The topological polar surface area (TPSA) is 99.9 Å². The molecule has 0 amide bonds. The molecule has 1 aromatic rings. The zero-order chi connectivity index (χ0) is 13.3. The monoisotopic (exact) mass is 287 g/mol. The van der Waals surface area contributed by atoms with Crippen LogP contribution in [-0.4, -0.2) is 47.4 Å². The molecule has 0 aliphatic carbocycles. The van der Waals surface area contributed by atoms with E-state index < -0.39 is 22.6 Å². The summed E-state index contributed by atoms with van der Waals surface area (Å²) in [5.74, 6) is -0.691. The van der Waals surface area contributed by atoms with E-state index in [0.717, 1.165) is 15.8 Å². The number of carbonyl (C=O) groups is 1. The molecule has 1 aliphatic heterocycles. The number of aromatic nitrogens is 1. The van der Waals surface area contributed by atoms with E-state index in [9.17, 15) is 13.2 Å². The number of aliphatic hydroxyl groups excluding tert-OH is 1. The highest BCUT2D eigenvalue weighted by atomic mass is 32.2. The Bertz CT molecular complexity index is 631. The minimum atomic E-state index is -3.96. The van der Waals surface area contributed by atoms with E-state index in [1.165, 1.54) is 13.1 Å². The number of Topliss-reactive ketones (excluding diaryl/α,β-unsaturated/α-hetero) is 1. The van der Waals surface area contributed by atoms with E-state index in [4.69, 9.17) is 5.11 Å². The summed E-state index contributed by atoms with van der Waals surface area (Å²) in [5.41, 5.74) is 0.335. The standard InChI is InChI=1S/C9H9N3O4S2/c1-12-8(9(14)5-13)4-7(11-18(12,15)16)6-2-3-17-10-6/h2-4,13H,5H2,1H3. The fourth-order valence-electron chi connectivity index (χ4n) is 1.36. The molecule has 18 heavy (non-hydrogen) atoms. The van der Waals surface area contributed by atoms with Crippen molar-refractivity contribution in [3.05, 3.63) is 28.9 Å². The molecule has 0 bridgehead atoms. The largest absolute Gasteiger partial charge is 0.388 e. The molecule has 0 saturated heterocycles. The van der Waals surface area contributed by atoms with Crippen molar-refractivity contribution in [1.29, 1.82) is 0 Å². The number of hydrogen-bond donors (Lipinski definition) is 1. The van der Waals surface area contributed by atoms with Gasteiger partial charge in [-0.15, -0.1) is 4.40 Å². The van der Waals surface area contributed by atoms with Crippen molar-refractivity contribution in [2.24, 2.45) is 4.40 Å². The van der Waals surface area contributed by atoms with Crippen LogP contribution in [0.4, 0.5) is 0 Å². The first-order chi connectivity index (χ1) is 8.45. The number of likely N-dealkylation sites (N-methyl/N-ethyl adjacent to an activating group) is 1. The summed E-state index contributed by atoms with van der Waals surface area (Å²) in [6.07, 6.45) is 1.30. The van der Waals surface area contributed by atoms with Gasteiger partial charge in [-0.3, -0.25) is 9.10 Å². The maximum atomic E-state index is 11.8. The molecule has 96 valence electrons. The van der Waals surface area contributed by atoms with Gasteiger partial charge in [-0.25, -0.2) is 0 Å². The van der Waals surface area contributed by atoms with Crippen molar-refractivity contribution in [3.8, 4) is 0 Å². The number of hydrogen-bond acceptors (Lipinski definition) is 6. The Balaban J connectivity index is 2.55. The van der Waals surface area contributed by atoms with Crippen LogP contribution in [0.2, 0.25) is 0 Å². The quantitative estimate of drug-likeness (QED) is 0.813. The van der Waals surface area contributed by atoms with E-state index in [1.807, 2.05) is 0 Å². The Morgan fingerprint density at radius 3 is 2.83 bits per heavy atom. The van der Waals surface area contributed by atoms with Crippen LogP contribution in [0.1, 0.15) is 5.69 Å². The summed E-state index contributed by atoms with van der Waals surface area (Å²) < 4.78 is 31.8. The van der Waals surface area contributed by atoms with Crippen LogP contribution in [0.25, 0.3) is 0 Å². The summed E-state index contributed by atoms with van der Waals surface area (Å²) in [6.45, 7) is -0.768. The molecule has 0 aromatic carbocycles. The van der Waals surface area contributed by atoms with E-state index in [0.29, 0.717) is 5.69 Å². The Morgan fingerprint density at radius 2 is 2.28 bits per heavy atom. The van der Waals surface area contributed by atoms with Crippen molar-refractivity contribution in [2.45, 2.75) is 0 Å². The minimum Gasteiger partial charge on any atom is -0.388 e. The highest BCUT2D eigenvalue weighted by Crippen LogP contribution is 2.19. The first kappa shape index (κ1) is 12.9.